The number of hydrogen-bond acceptors (Lipinski definition) is 6. The van der Waals surface area contributed by atoms with Gasteiger partial charge in [-0.1, -0.05) is 6.07 Å². The number of ether oxygens (including phenoxy) is 1. The minimum absolute atomic E-state index is 0.110. The molecule has 4 rings (SSSR count). The Morgan fingerprint density at radius 1 is 1.13 bits per heavy atom. The molecule has 1 amide bonds. The van der Waals surface area contributed by atoms with Gasteiger partial charge in [0.05, 0.1) is 6.33 Å². The number of hydrogen-bond donors (Lipinski definition) is 1. The Hall–Kier alpha value is -3.69. The minimum Gasteiger partial charge on any atom is -0.454 e. The Morgan fingerprint density at radius 3 is 2.70 bits per heavy atom. The molecule has 2 heterocycles. The number of carbonyl (C=O) groups is 2. The average Bonchev–Trinajstić information content (AvgIpc) is 3.36. The average molecular weight is 411 g/mol. The normalized spacial score (nSPS) is 12.7. The van der Waals surface area contributed by atoms with Gasteiger partial charge >= 0.3 is 11.7 Å². The first kappa shape index (κ1) is 19.6. The van der Waals surface area contributed by atoms with Gasteiger partial charge in [-0.05, 0) is 42.5 Å². The van der Waals surface area contributed by atoms with Crippen molar-refractivity contribution in [3.05, 3.63) is 56.5 Å². The summed E-state index contributed by atoms with van der Waals surface area (Å²) in [6, 6.07) is 5.78. The lowest BCUT2D eigenvalue weighted by Gasteiger charge is -2.09. The molecule has 30 heavy (non-hydrogen) atoms. The van der Waals surface area contributed by atoms with E-state index in [2.05, 4.69) is 10.3 Å². The highest BCUT2D eigenvalue weighted by Crippen LogP contribution is 2.24. The largest absolute Gasteiger partial charge is 0.454 e. The number of anilines is 1. The maximum absolute atomic E-state index is 12.4. The second kappa shape index (κ2) is 7.62. The van der Waals surface area contributed by atoms with Crippen LogP contribution in [0.1, 0.15) is 17.5 Å². The van der Waals surface area contributed by atoms with E-state index in [9.17, 15) is 19.2 Å². The van der Waals surface area contributed by atoms with Gasteiger partial charge in [0.15, 0.2) is 17.8 Å². The monoisotopic (exact) mass is 411 g/mol. The van der Waals surface area contributed by atoms with Crippen molar-refractivity contribution in [3.63, 3.8) is 0 Å². The van der Waals surface area contributed by atoms with E-state index in [0.29, 0.717) is 5.69 Å². The number of imidazole rings is 1. The molecule has 0 spiro atoms. The third-order valence-corrected chi connectivity index (χ3v) is 5.26. The van der Waals surface area contributed by atoms with E-state index < -0.39 is 29.7 Å². The van der Waals surface area contributed by atoms with Crippen molar-refractivity contribution in [1.82, 2.24) is 18.7 Å². The molecule has 0 bridgehead atoms. The Kier molecular flexibility index (Phi) is 4.98. The molecule has 0 atom stereocenters. The molecule has 1 N–H and O–H groups in total. The lowest BCUT2D eigenvalue weighted by Crippen LogP contribution is -2.37. The van der Waals surface area contributed by atoms with Crippen LogP contribution in [0.5, 0.6) is 0 Å². The summed E-state index contributed by atoms with van der Waals surface area (Å²) in [5, 5.41) is 2.72. The van der Waals surface area contributed by atoms with Crippen LogP contribution in [0.15, 0.2) is 34.1 Å². The third kappa shape index (κ3) is 3.51. The number of benzene rings is 1. The van der Waals surface area contributed by atoms with Crippen LogP contribution in [0, 0.1) is 0 Å². The highest BCUT2D eigenvalue weighted by Gasteiger charge is 2.17. The Labute approximate surface area is 170 Å². The van der Waals surface area contributed by atoms with E-state index >= 15 is 0 Å². The summed E-state index contributed by atoms with van der Waals surface area (Å²) in [7, 11) is 2.84. The second-order valence-electron chi connectivity index (χ2n) is 7.30. The van der Waals surface area contributed by atoms with Crippen molar-refractivity contribution in [2.75, 3.05) is 11.9 Å². The van der Waals surface area contributed by atoms with Crippen LogP contribution in [0.25, 0.3) is 11.2 Å². The van der Waals surface area contributed by atoms with Gasteiger partial charge in [0.1, 0.15) is 6.54 Å². The molecule has 10 nitrogen and oxygen atoms in total. The van der Waals surface area contributed by atoms with Crippen molar-refractivity contribution in [2.24, 2.45) is 14.1 Å². The number of esters is 1. The van der Waals surface area contributed by atoms with Gasteiger partial charge < -0.3 is 14.6 Å². The molecular weight excluding hydrogens is 390 g/mol. The molecule has 2 aromatic heterocycles. The topological polar surface area (TPSA) is 117 Å². The number of nitrogens with one attached hydrogen (secondary N) is 1. The van der Waals surface area contributed by atoms with E-state index in [4.69, 9.17) is 4.74 Å². The van der Waals surface area contributed by atoms with Crippen LogP contribution in [0.4, 0.5) is 5.69 Å². The summed E-state index contributed by atoms with van der Waals surface area (Å²) < 4.78 is 8.51. The summed E-state index contributed by atoms with van der Waals surface area (Å²) in [5.74, 6) is -1.15. The lowest BCUT2D eigenvalue weighted by atomic mass is 10.1. The fourth-order valence-corrected chi connectivity index (χ4v) is 3.69. The van der Waals surface area contributed by atoms with Gasteiger partial charge in [0, 0.05) is 19.8 Å². The molecule has 10 heteroatoms. The number of aryl methyl sites for hydroxylation is 3. The van der Waals surface area contributed by atoms with Gasteiger partial charge in [0.2, 0.25) is 0 Å². The fraction of sp³-hybridized carbons (Fsp3) is 0.350. The van der Waals surface area contributed by atoms with Crippen LogP contribution in [-0.2, 0) is 47.8 Å². The highest BCUT2D eigenvalue weighted by atomic mass is 16.5. The van der Waals surface area contributed by atoms with Gasteiger partial charge in [0.25, 0.3) is 11.5 Å². The summed E-state index contributed by atoms with van der Waals surface area (Å²) in [4.78, 5) is 52.7. The van der Waals surface area contributed by atoms with Crippen LogP contribution >= 0.6 is 0 Å². The molecule has 0 unspecified atom stereocenters. The Morgan fingerprint density at radius 2 is 1.90 bits per heavy atom. The minimum atomic E-state index is -0.700. The van der Waals surface area contributed by atoms with Gasteiger partial charge in [-0.3, -0.25) is 23.5 Å². The number of nitrogens with zero attached hydrogens (tertiary/aromatic N) is 4. The number of amides is 1. The van der Waals surface area contributed by atoms with Crippen LogP contribution in [-0.4, -0.2) is 37.2 Å². The first-order chi connectivity index (χ1) is 14.3. The summed E-state index contributed by atoms with van der Waals surface area (Å²) >= 11 is 0. The zero-order chi connectivity index (χ0) is 21.4. The van der Waals surface area contributed by atoms with Crippen LogP contribution < -0.4 is 16.6 Å². The summed E-state index contributed by atoms with van der Waals surface area (Å²) in [6.45, 7) is -0.755. The SMILES string of the molecule is Cn1c(=O)c2c(ncn2CC(=O)OCC(=O)Nc2ccc3c(c2)CCC3)n(C)c1=O. The molecular formula is C20H21N5O5. The number of fused-ring (bicyclic) bond motifs is 2. The Balaban J connectivity index is 1.40. The molecule has 0 saturated carbocycles. The van der Waals surface area contributed by atoms with Crippen molar-refractivity contribution in [3.8, 4) is 0 Å². The van der Waals surface area contributed by atoms with Crippen molar-refractivity contribution in [1.29, 1.82) is 0 Å². The number of rotatable bonds is 5. The van der Waals surface area contributed by atoms with E-state index in [1.165, 1.54) is 40.7 Å². The fourth-order valence-electron chi connectivity index (χ4n) is 3.69. The third-order valence-electron chi connectivity index (χ3n) is 5.26. The summed E-state index contributed by atoms with van der Waals surface area (Å²) in [5.41, 5.74) is 2.41. The van der Waals surface area contributed by atoms with E-state index in [0.717, 1.165) is 23.8 Å². The number of carbonyl (C=O) groups excluding carboxylic acids is 2. The predicted molar refractivity (Wildman–Crippen MR) is 108 cm³/mol. The van der Waals surface area contributed by atoms with Crippen molar-refractivity contribution >= 4 is 28.7 Å². The second-order valence-corrected chi connectivity index (χ2v) is 7.30. The first-order valence-corrected chi connectivity index (χ1v) is 9.53. The highest BCUT2D eigenvalue weighted by molar-refractivity contribution is 5.93. The zero-order valence-corrected chi connectivity index (χ0v) is 16.7. The van der Waals surface area contributed by atoms with E-state index in [-0.39, 0.29) is 17.7 Å². The molecule has 156 valence electrons. The molecule has 0 aliphatic heterocycles. The van der Waals surface area contributed by atoms with E-state index in [1.807, 2.05) is 18.2 Å². The smallest absolute Gasteiger partial charge is 0.332 e. The standard InChI is InChI=1S/C20H21N5O5/c1-23-18-17(19(28)24(2)20(23)29)25(11-21-18)9-16(27)30-10-15(26)22-14-7-6-12-4-3-5-13(12)8-14/h6-8,11H,3-5,9-10H2,1-2H3,(H,22,26). The maximum atomic E-state index is 12.4. The predicted octanol–water partition coefficient (Wildman–Crippen LogP) is 0.104. The van der Waals surface area contributed by atoms with E-state index in [1.54, 1.807) is 0 Å². The molecule has 1 aliphatic rings. The molecule has 3 aromatic rings. The van der Waals surface area contributed by atoms with Gasteiger partial charge in [-0.15, -0.1) is 0 Å². The quantitative estimate of drug-likeness (QED) is 0.596. The van der Waals surface area contributed by atoms with Crippen LogP contribution in [0.2, 0.25) is 0 Å². The van der Waals surface area contributed by atoms with Crippen molar-refractivity contribution < 1.29 is 14.3 Å². The molecule has 0 radical (unpaired) electrons. The number of aromatic nitrogens is 4. The molecule has 0 saturated heterocycles. The van der Waals surface area contributed by atoms with Crippen LogP contribution in [0.3, 0.4) is 0 Å². The first-order valence-electron chi connectivity index (χ1n) is 9.53. The maximum Gasteiger partial charge on any atom is 0.332 e. The van der Waals surface area contributed by atoms with Gasteiger partial charge in [-0.25, -0.2) is 9.78 Å². The van der Waals surface area contributed by atoms with Gasteiger partial charge in [-0.2, -0.15) is 0 Å². The molecule has 1 aliphatic carbocycles. The zero-order valence-electron chi connectivity index (χ0n) is 16.7. The Bertz CT molecular complexity index is 1280. The molecule has 1 aromatic carbocycles. The van der Waals surface area contributed by atoms with Crippen molar-refractivity contribution in [2.45, 2.75) is 25.8 Å². The molecule has 0 fully saturated rings. The summed E-state index contributed by atoms with van der Waals surface area (Å²) in [6.07, 6.45) is 4.46. The lowest BCUT2D eigenvalue weighted by molar-refractivity contribution is -0.147.